The third-order valence-corrected chi connectivity index (χ3v) is 3.89. The number of hydrogen-bond donors (Lipinski definition) is 1. The summed E-state index contributed by atoms with van der Waals surface area (Å²) in [4.78, 5) is 12.3. The molecule has 2 rings (SSSR count). The molecule has 0 unspecified atom stereocenters. The van der Waals surface area contributed by atoms with E-state index in [4.69, 9.17) is 5.73 Å². The first kappa shape index (κ1) is 12.3. The van der Waals surface area contributed by atoms with E-state index in [2.05, 4.69) is 0 Å². The molecule has 0 aromatic heterocycles. The minimum atomic E-state index is 0.223. The van der Waals surface area contributed by atoms with Gasteiger partial charge in [-0.3, -0.25) is 4.79 Å². The average Bonchev–Trinajstić information content (AvgIpc) is 2.39. The number of hydrogen-bond acceptors (Lipinski definition) is 2. The summed E-state index contributed by atoms with van der Waals surface area (Å²) in [5, 5.41) is 0. The number of carbonyl (C=O) groups excluding carboxylic acids is 1. The van der Waals surface area contributed by atoms with E-state index in [1.54, 1.807) is 0 Å². The van der Waals surface area contributed by atoms with Crippen LogP contribution in [0.4, 0.5) is 0 Å². The van der Waals surface area contributed by atoms with Crippen molar-refractivity contribution in [2.75, 3.05) is 6.54 Å². The predicted octanol–water partition coefficient (Wildman–Crippen LogP) is 2.94. The number of nitrogens with two attached hydrogens (primary N) is 1. The van der Waals surface area contributed by atoms with E-state index >= 15 is 0 Å². The lowest BCUT2D eigenvalue weighted by molar-refractivity contribution is 0.0873. The number of Topliss-reactive ketones (excluding diaryl/α,β-unsaturated/α-hetero) is 1. The summed E-state index contributed by atoms with van der Waals surface area (Å²) in [5.74, 6) is 1.18. The Hall–Kier alpha value is -1.15. The van der Waals surface area contributed by atoms with Gasteiger partial charge in [0.15, 0.2) is 5.78 Å². The highest BCUT2D eigenvalue weighted by Crippen LogP contribution is 2.30. The maximum atomic E-state index is 12.3. The van der Waals surface area contributed by atoms with Gasteiger partial charge in [-0.25, -0.2) is 0 Å². The van der Waals surface area contributed by atoms with Crippen molar-refractivity contribution in [3.8, 4) is 0 Å². The summed E-state index contributed by atoms with van der Waals surface area (Å²) < 4.78 is 0. The van der Waals surface area contributed by atoms with Gasteiger partial charge in [0.05, 0.1) is 0 Å². The molecule has 0 spiro atoms. The second-order valence-electron chi connectivity index (χ2n) is 5.18. The molecule has 0 radical (unpaired) electrons. The molecule has 1 aliphatic rings. The van der Waals surface area contributed by atoms with E-state index in [1.165, 1.54) is 5.56 Å². The Morgan fingerprint density at radius 2 is 1.76 bits per heavy atom. The van der Waals surface area contributed by atoms with Crippen molar-refractivity contribution in [3.63, 3.8) is 0 Å². The first-order valence-corrected chi connectivity index (χ1v) is 6.51. The quantitative estimate of drug-likeness (QED) is 0.813. The summed E-state index contributed by atoms with van der Waals surface area (Å²) in [6, 6.07) is 7.93. The second-order valence-corrected chi connectivity index (χ2v) is 5.18. The molecule has 1 aromatic carbocycles. The molecule has 92 valence electrons. The van der Waals surface area contributed by atoms with Crippen molar-refractivity contribution < 1.29 is 4.79 Å². The molecule has 2 nitrogen and oxygen atoms in total. The van der Waals surface area contributed by atoms with Crippen LogP contribution in [0.25, 0.3) is 0 Å². The van der Waals surface area contributed by atoms with E-state index in [9.17, 15) is 4.79 Å². The van der Waals surface area contributed by atoms with E-state index in [0.29, 0.717) is 11.7 Å². The van der Waals surface area contributed by atoms with E-state index in [1.807, 2.05) is 31.2 Å². The number of rotatable bonds is 3. The molecule has 0 atom stereocenters. The molecule has 2 heteroatoms. The van der Waals surface area contributed by atoms with E-state index in [-0.39, 0.29) is 5.92 Å². The van der Waals surface area contributed by atoms with Crippen LogP contribution in [0.5, 0.6) is 0 Å². The summed E-state index contributed by atoms with van der Waals surface area (Å²) in [6.07, 6.45) is 4.24. The van der Waals surface area contributed by atoms with Crippen LogP contribution in [0.2, 0.25) is 0 Å². The average molecular weight is 231 g/mol. The highest BCUT2D eigenvalue weighted by Gasteiger charge is 2.26. The molecule has 0 saturated heterocycles. The lowest BCUT2D eigenvalue weighted by Crippen LogP contribution is -2.25. The highest BCUT2D eigenvalue weighted by atomic mass is 16.1. The molecule has 1 fully saturated rings. The van der Waals surface area contributed by atoms with Crippen molar-refractivity contribution in [3.05, 3.63) is 35.4 Å². The third kappa shape index (κ3) is 2.95. The Balaban J connectivity index is 1.99. The minimum Gasteiger partial charge on any atom is -0.330 e. The van der Waals surface area contributed by atoms with Crippen LogP contribution in [0.3, 0.4) is 0 Å². The Labute approximate surface area is 103 Å². The van der Waals surface area contributed by atoms with Crippen LogP contribution in [0.1, 0.15) is 41.6 Å². The molecule has 2 N–H and O–H groups in total. The monoisotopic (exact) mass is 231 g/mol. The lowest BCUT2D eigenvalue weighted by atomic mass is 9.78. The second kappa shape index (κ2) is 5.46. The van der Waals surface area contributed by atoms with E-state index < -0.39 is 0 Å². The smallest absolute Gasteiger partial charge is 0.165 e. The van der Waals surface area contributed by atoms with Gasteiger partial charge in [-0.2, -0.15) is 0 Å². The van der Waals surface area contributed by atoms with Gasteiger partial charge in [-0.15, -0.1) is 0 Å². The molecule has 1 aromatic rings. The van der Waals surface area contributed by atoms with Gasteiger partial charge >= 0.3 is 0 Å². The Morgan fingerprint density at radius 1 is 1.18 bits per heavy atom. The number of ketones is 1. The van der Waals surface area contributed by atoms with Gasteiger partial charge in [-0.05, 0) is 45.1 Å². The zero-order valence-corrected chi connectivity index (χ0v) is 10.5. The molecule has 1 saturated carbocycles. The molecule has 1 aliphatic carbocycles. The maximum Gasteiger partial charge on any atom is 0.165 e. The van der Waals surface area contributed by atoms with Crippen molar-refractivity contribution >= 4 is 5.78 Å². The maximum absolute atomic E-state index is 12.3. The molecular formula is C15H21NO. The van der Waals surface area contributed by atoms with Gasteiger partial charge < -0.3 is 5.73 Å². The summed E-state index contributed by atoms with van der Waals surface area (Å²) in [5.41, 5.74) is 7.74. The fraction of sp³-hybridized carbons (Fsp3) is 0.533. The summed E-state index contributed by atoms with van der Waals surface area (Å²) in [6.45, 7) is 2.81. The Kier molecular flexibility index (Phi) is 3.95. The van der Waals surface area contributed by atoms with E-state index in [0.717, 1.165) is 37.8 Å². The van der Waals surface area contributed by atoms with Crippen molar-refractivity contribution in [1.29, 1.82) is 0 Å². The minimum absolute atomic E-state index is 0.223. The largest absolute Gasteiger partial charge is 0.330 e. The van der Waals surface area contributed by atoms with Crippen LogP contribution in [0.15, 0.2) is 24.3 Å². The molecule has 17 heavy (non-hydrogen) atoms. The van der Waals surface area contributed by atoms with Crippen LogP contribution in [-0.4, -0.2) is 12.3 Å². The summed E-state index contributed by atoms with van der Waals surface area (Å²) >= 11 is 0. The van der Waals surface area contributed by atoms with Crippen molar-refractivity contribution in [1.82, 2.24) is 0 Å². The van der Waals surface area contributed by atoms with Gasteiger partial charge in [0.25, 0.3) is 0 Å². The van der Waals surface area contributed by atoms with Crippen LogP contribution in [0, 0.1) is 18.8 Å². The Morgan fingerprint density at radius 3 is 2.29 bits per heavy atom. The topological polar surface area (TPSA) is 43.1 Å². The van der Waals surface area contributed by atoms with Crippen molar-refractivity contribution in [2.45, 2.75) is 32.6 Å². The molecule has 0 bridgehead atoms. The SMILES string of the molecule is Cc1ccc(C(=O)C2CCC(CN)CC2)cc1. The number of benzene rings is 1. The standard InChI is InChI=1S/C15H21NO/c1-11-2-6-13(7-3-11)15(17)14-8-4-12(10-16)5-9-14/h2-3,6-7,12,14H,4-5,8-10,16H2,1H3. The highest BCUT2D eigenvalue weighted by molar-refractivity contribution is 5.97. The molecule has 0 amide bonds. The third-order valence-electron chi connectivity index (χ3n) is 3.89. The molecule has 0 aliphatic heterocycles. The normalized spacial score (nSPS) is 24.6. The van der Waals surface area contributed by atoms with Crippen LogP contribution >= 0.6 is 0 Å². The van der Waals surface area contributed by atoms with Gasteiger partial charge in [-0.1, -0.05) is 29.8 Å². The summed E-state index contributed by atoms with van der Waals surface area (Å²) in [7, 11) is 0. The van der Waals surface area contributed by atoms with Crippen LogP contribution < -0.4 is 5.73 Å². The number of aryl methyl sites for hydroxylation is 1. The van der Waals surface area contributed by atoms with Crippen LogP contribution in [-0.2, 0) is 0 Å². The fourth-order valence-electron chi connectivity index (χ4n) is 2.61. The zero-order valence-electron chi connectivity index (χ0n) is 10.5. The molecule has 0 heterocycles. The lowest BCUT2D eigenvalue weighted by Gasteiger charge is -2.26. The van der Waals surface area contributed by atoms with Gasteiger partial charge in [0.1, 0.15) is 0 Å². The van der Waals surface area contributed by atoms with Gasteiger partial charge in [0, 0.05) is 11.5 Å². The number of carbonyl (C=O) groups is 1. The van der Waals surface area contributed by atoms with Gasteiger partial charge in [0.2, 0.25) is 0 Å². The molecular weight excluding hydrogens is 210 g/mol. The zero-order chi connectivity index (χ0) is 12.3. The predicted molar refractivity (Wildman–Crippen MR) is 70.0 cm³/mol. The van der Waals surface area contributed by atoms with Crippen molar-refractivity contribution in [2.24, 2.45) is 17.6 Å². The first-order valence-electron chi connectivity index (χ1n) is 6.51. The Bertz CT molecular complexity index is 374. The first-order chi connectivity index (χ1) is 8.20. The fourth-order valence-corrected chi connectivity index (χ4v) is 2.61.